The number of benzene rings is 1. The summed E-state index contributed by atoms with van der Waals surface area (Å²) in [5.41, 5.74) is 1.17. The zero-order chi connectivity index (χ0) is 11.6. The van der Waals surface area contributed by atoms with Crippen molar-refractivity contribution in [3.8, 4) is 0 Å². The minimum absolute atomic E-state index is 0.773. The van der Waals surface area contributed by atoms with Crippen LogP contribution in [-0.2, 0) is 4.74 Å². The van der Waals surface area contributed by atoms with Gasteiger partial charge in [0.1, 0.15) is 0 Å². The SMILES string of the molecule is COCCCNC/C=C/c1ccc(Cl)cc1. The molecule has 0 aliphatic heterocycles. The third-order valence-electron chi connectivity index (χ3n) is 2.14. The number of nitrogens with one attached hydrogen (secondary N) is 1. The van der Waals surface area contributed by atoms with E-state index < -0.39 is 0 Å². The Balaban J connectivity index is 2.14. The van der Waals surface area contributed by atoms with Gasteiger partial charge in [0.15, 0.2) is 0 Å². The highest BCUT2D eigenvalue weighted by Crippen LogP contribution is 2.10. The molecule has 0 aliphatic rings. The van der Waals surface area contributed by atoms with E-state index >= 15 is 0 Å². The first-order chi connectivity index (χ1) is 7.83. The molecule has 0 heterocycles. The van der Waals surface area contributed by atoms with Gasteiger partial charge >= 0.3 is 0 Å². The Kier molecular flexibility index (Phi) is 6.90. The molecule has 0 unspecified atom stereocenters. The molecule has 0 atom stereocenters. The molecule has 0 amide bonds. The molecule has 2 nitrogen and oxygen atoms in total. The Hall–Kier alpha value is -0.830. The smallest absolute Gasteiger partial charge is 0.0474 e. The summed E-state index contributed by atoms with van der Waals surface area (Å²) in [5, 5.41) is 4.08. The Labute approximate surface area is 102 Å². The molecule has 0 fully saturated rings. The van der Waals surface area contributed by atoms with Gasteiger partial charge in [-0.05, 0) is 30.7 Å². The molecule has 1 N–H and O–H groups in total. The monoisotopic (exact) mass is 239 g/mol. The van der Waals surface area contributed by atoms with Crippen LogP contribution in [0.5, 0.6) is 0 Å². The van der Waals surface area contributed by atoms with Gasteiger partial charge in [-0.1, -0.05) is 35.9 Å². The van der Waals surface area contributed by atoms with E-state index in [2.05, 4.69) is 17.5 Å². The van der Waals surface area contributed by atoms with Gasteiger partial charge in [-0.2, -0.15) is 0 Å². The van der Waals surface area contributed by atoms with Crippen LogP contribution in [0.15, 0.2) is 30.3 Å². The topological polar surface area (TPSA) is 21.3 Å². The van der Waals surface area contributed by atoms with E-state index in [9.17, 15) is 0 Å². The quantitative estimate of drug-likeness (QED) is 0.739. The first-order valence-corrected chi connectivity index (χ1v) is 5.82. The fourth-order valence-electron chi connectivity index (χ4n) is 1.30. The van der Waals surface area contributed by atoms with Gasteiger partial charge in [0.25, 0.3) is 0 Å². The van der Waals surface area contributed by atoms with Crippen molar-refractivity contribution in [2.75, 3.05) is 26.8 Å². The molecule has 16 heavy (non-hydrogen) atoms. The summed E-state index contributed by atoms with van der Waals surface area (Å²) >= 11 is 5.80. The van der Waals surface area contributed by atoms with Crippen LogP contribution in [0, 0.1) is 0 Å². The molecule has 88 valence electrons. The van der Waals surface area contributed by atoms with E-state index in [1.807, 2.05) is 24.3 Å². The summed E-state index contributed by atoms with van der Waals surface area (Å²) in [5.74, 6) is 0. The molecule has 0 spiro atoms. The average molecular weight is 240 g/mol. The summed E-state index contributed by atoms with van der Waals surface area (Å²) < 4.78 is 4.96. The van der Waals surface area contributed by atoms with Gasteiger partial charge in [-0.3, -0.25) is 0 Å². The number of ether oxygens (including phenoxy) is 1. The molecule has 1 rings (SSSR count). The lowest BCUT2D eigenvalue weighted by atomic mass is 10.2. The van der Waals surface area contributed by atoms with Crippen molar-refractivity contribution in [2.45, 2.75) is 6.42 Å². The molecule has 1 aromatic carbocycles. The Bertz CT molecular complexity index is 308. The second kappa shape index (κ2) is 8.34. The van der Waals surface area contributed by atoms with Gasteiger partial charge in [-0.15, -0.1) is 0 Å². The maximum atomic E-state index is 5.80. The van der Waals surface area contributed by atoms with Crippen molar-refractivity contribution in [1.29, 1.82) is 0 Å². The minimum atomic E-state index is 0.773. The van der Waals surface area contributed by atoms with Gasteiger partial charge in [0.05, 0.1) is 0 Å². The van der Waals surface area contributed by atoms with Gasteiger partial charge < -0.3 is 10.1 Å². The first-order valence-electron chi connectivity index (χ1n) is 5.44. The van der Waals surface area contributed by atoms with Gasteiger partial charge in [0, 0.05) is 25.3 Å². The fourth-order valence-corrected chi connectivity index (χ4v) is 1.42. The van der Waals surface area contributed by atoms with Crippen LogP contribution >= 0.6 is 11.6 Å². The number of halogens is 1. The highest BCUT2D eigenvalue weighted by molar-refractivity contribution is 6.30. The lowest BCUT2D eigenvalue weighted by molar-refractivity contribution is 0.194. The maximum absolute atomic E-state index is 5.80. The normalized spacial score (nSPS) is 11.1. The summed E-state index contributed by atoms with van der Waals surface area (Å²) in [4.78, 5) is 0. The molecule has 1 aromatic rings. The minimum Gasteiger partial charge on any atom is -0.385 e. The predicted molar refractivity (Wildman–Crippen MR) is 69.8 cm³/mol. The molecule has 0 bridgehead atoms. The van der Waals surface area contributed by atoms with Crippen LogP contribution in [-0.4, -0.2) is 26.8 Å². The van der Waals surface area contributed by atoms with Crippen LogP contribution in [0.2, 0.25) is 5.02 Å². The molecule has 3 heteroatoms. The van der Waals surface area contributed by atoms with E-state index in [1.165, 1.54) is 5.56 Å². The third kappa shape index (κ3) is 5.91. The lowest BCUT2D eigenvalue weighted by Gasteiger charge is -2.00. The zero-order valence-corrected chi connectivity index (χ0v) is 10.3. The second-order valence-corrected chi connectivity index (χ2v) is 3.94. The predicted octanol–water partition coefficient (Wildman–Crippen LogP) is 2.98. The lowest BCUT2D eigenvalue weighted by Crippen LogP contribution is -2.16. The van der Waals surface area contributed by atoms with Crippen molar-refractivity contribution < 1.29 is 4.74 Å². The largest absolute Gasteiger partial charge is 0.385 e. The molecular formula is C13H18ClNO. The van der Waals surface area contributed by atoms with Crippen LogP contribution in [0.1, 0.15) is 12.0 Å². The highest BCUT2D eigenvalue weighted by Gasteiger charge is 1.87. The Morgan fingerprint density at radius 3 is 2.75 bits per heavy atom. The van der Waals surface area contributed by atoms with Crippen molar-refractivity contribution in [2.24, 2.45) is 0 Å². The fraction of sp³-hybridized carbons (Fsp3) is 0.385. The first kappa shape index (κ1) is 13.2. The van der Waals surface area contributed by atoms with Crippen molar-refractivity contribution in [3.63, 3.8) is 0 Å². The molecular weight excluding hydrogens is 222 g/mol. The molecule has 0 radical (unpaired) electrons. The summed E-state index contributed by atoms with van der Waals surface area (Å²) in [6.45, 7) is 2.68. The van der Waals surface area contributed by atoms with Crippen LogP contribution in [0.4, 0.5) is 0 Å². The van der Waals surface area contributed by atoms with Crippen LogP contribution < -0.4 is 5.32 Å². The van der Waals surface area contributed by atoms with E-state index in [0.29, 0.717) is 0 Å². The van der Waals surface area contributed by atoms with Crippen molar-refractivity contribution in [3.05, 3.63) is 40.9 Å². The second-order valence-electron chi connectivity index (χ2n) is 3.50. The standard InChI is InChI=1S/C13H18ClNO/c1-16-11-3-10-15-9-2-4-12-5-7-13(14)8-6-12/h2,4-8,15H,3,9-11H2,1H3/b4-2+. The van der Waals surface area contributed by atoms with Crippen molar-refractivity contribution >= 4 is 17.7 Å². The van der Waals surface area contributed by atoms with E-state index in [4.69, 9.17) is 16.3 Å². The van der Waals surface area contributed by atoms with E-state index in [-0.39, 0.29) is 0 Å². The number of rotatable bonds is 7. The number of methoxy groups -OCH3 is 1. The zero-order valence-electron chi connectivity index (χ0n) is 9.58. The van der Waals surface area contributed by atoms with E-state index in [1.54, 1.807) is 7.11 Å². The average Bonchev–Trinajstić information content (AvgIpc) is 2.30. The number of hydrogen-bond donors (Lipinski definition) is 1. The molecule has 0 aromatic heterocycles. The Morgan fingerprint density at radius 1 is 1.31 bits per heavy atom. The summed E-state index contributed by atoms with van der Waals surface area (Å²) in [6.07, 6.45) is 5.24. The molecule has 0 aliphatic carbocycles. The summed E-state index contributed by atoms with van der Waals surface area (Å²) in [7, 11) is 1.72. The molecule has 0 saturated heterocycles. The Morgan fingerprint density at radius 2 is 2.06 bits per heavy atom. The molecule has 0 saturated carbocycles. The van der Waals surface area contributed by atoms with Crippen LogP contribution in [0.25, 0.3) is 6.08 Å². The summed E-state index contributed by atoms with van der Waals surface area (Å²) in [6, 6.07) is 7.80. The highest BCUT2D eigenvalue weighted by atomic mass is 35.5. The van der Waals surface area contributed by atoms with Crippen LogP contribution in [0.3, 0.4) is 0 Å². The van der Waals surface area contributed by atoms with E-state index in [0.717, 1.165) is 31.1 Å². The van der Waals surface area contributed by atoms with Gasteiger partial charge in [0.2, 0.25) is 0 Å². The number of hydrogen-bond acceptors (Lipinski definition) is 2. The maximum Gasteiger partial charge on any atom is 0.0474 e. The van der Waals surface area contributed by atoms with Crippen molar-refractivity contribution in [1.82, 2.24) is 5.32 Å². The van der Waals surface area contributed by atoms with Gasteiger partial charge in [-0.25, -0.2) is 0 Å². The third-order valence-corrected chi connectivity index (χ3v) is 2.40.